The molecule has 0 N–H and O–H groups in total. The molecule has 5 nitrogen and oxygen atoms in total. The summed E-state index contributed by atoms with van der Waals surface area (Å²) in [6, 6.07) is 85.1. The van der Waals surface area contributed by atoms with E-state index < -0.39 is 0 Å². The monoisotopic (exact) mass is 1110 g/mol. The molecule has 0 atom stereocenters. The minimum atomic E-state index is -0.126. The van der Waals surface area contributed by atoms with Gasteiger partial charge in [-0.2, -0.15) is 0 Å². The molecular weight excluding hydrogens is 1040 g/mol. The van der Waals surface area contributed by atoms with Crippen molar-refractivity contribution < 1.29 is 4.42 Å². The Bertz CT molecular complexity index is 5130. The van der Waals surface area contributed by atoms with E-state index in [2.05, 4.69) is 313 Å². The summed E-state index contributed by atoms with van der Waals surface area (Å²) in [6.07, 6.45) is 0. The molecule has 2 aromatic heterocycles. The Labute approximate surface area is 504 Å². The number of nitrogens with zero attached hydrogens (tertiary/aromatic N) is 4. The van der Waals surface area contributed by atoms with Crippen LogP contribution in [0.3, 0.4) is 0 Å². The second-order valence-electron chi connectivity index (χ2n) is 26.4. The lowest BCUT2D eigenvalue weighted by Crippen LogP contribution is -2.61. The summed E-state index contributed by atoms with van der Waals surface area (Å²) in [6.45, 7) is 22.7. The van der Waals surface area contributed by atoms with E-state index in [-0.39, 0.29) is 17.5 Å². The van der Waals surface area contributed by atoms with Gasteiger partial charge in [-0.25, -0.2) is 0 Å². The third-order valence-corrected chi connectivity index (χ3v) is 18.8. The van der Waals surface area contributed by atoms with Crippen molar-refractivity contribution in [3.63, 3.8) is 0 Å². The molecule has 0 radical (unpaired) electrons. The number of aryl methyl sites for hydroxylation is 4. The third kappa shape index (κ3) is 7.92. The van der Waals surface area contributed by atoms with Crippen LogP contribution < -0.4 is 31.1 Å². The van der Waals surface area contributed by atoms with E-state index in [9.17, 15) is 0 Å². The fraction of sp³-hybridized carbons (Fsp3) is 0.150. The van der Waals surface area contributed by atoms with Crippen molar-refractivity contribution in [1.29, 1.82) is 0 Å². The van der Waals surface area contributed by atoms with Crippen LogP contribution in [-0.2, 0) is 10.8 Å². The van der Waals surface area contributed by atoms with E-state index in [0.29, 0.717) is 0 Å². The third-order valence-electron chi connectivity index (χ3n) is 18.8. The van der Waals surface area contributed by atoms with Crippen LogP contribution in [0.5, 0.6) is 0 Å². The maximum atomic E-state index is 6.72. The van der Waals surface area contributed by atoms with Crippen LogP contribution in [0.4, 0.5) is 51.2 Å². The number of benzene rings is 12. The van der Waals surface area contributed by atoms with E-state index in [0.717, 1.165) is 67.3 Å². The zero-order chi connectivity index (χ0) is 58.7. The molecule has 2 aliphatic heterocycles. The number of para-hydroxylation sites is 2. The predicted molar refractivity (Wildman–Crippen MR) is 368 cm³/mol. The Kier molecular flexibility index (Phi) is 11.4. The van der Waals surface area contributed by atoms with Crippen LogP contribution in [0, 0.1) is 27.7 Å². The molecular formula is C80H67BN4O. The molecule has 14 aromatic rings. The summed E-state index contributed by atoms with van der Waals surface area (Å²) in [4.78, 5) is 7.70. The van der Waals surface area contributed by atoms with Crippen LogP contribution in [0.1, 0.15) is 74.9 Å². The molecule has 6 heteroatoms. The fourth-order valence-corrected chi connectivity index (χ4v) is 14.6. The van der Waals surface area contributed by atoms with Gasteiger partial charge in [0.15, 0.2) is 0 Å². The summed E-state index contributed by atoms with van der Waals surface area (Å²) < 4.78 is 9.19. The number of aromatic nitrogens is 1. The van der Waals surface area contributed by atoms with E-state index >= 15 is 0 Å². The van der Waals surface area contributed by atoms with Gasteiger partial charge in [0.25, 0.3) is 6.71 Å². The van der Waals surface area contributed by atoms with Gasteiger partial charge in [-0.15, -0.1) is 0 Å². The minimum Gasteiger partial charge on any atom is -0.456 e. The number of hydrogen-bond acceptors (Lipinski definition) is 4. The second kappa shape index (κ2) is 18.9. The molecule has 416 valence electrons. The fourth-order valence-electron chi connectivity index (χ4n) is 14.6. The predicted octanol–water partition coefficient (Wildman–Crippen LogP) is 20.4. The van der Waals surface area contributed by atoms with E-state index in [4.69, 9.17) is 4.42 Å². The first kappa shape index (κ1) is 51.8. The number of rotatable bonds is 6. The first-order chi connectivity index (χ1) is 41.6. The van der Waals surface area contributed by atoms with Crippen LogP contribution in [-0.4, -0.2) is 11.3 Å². The largest absolute Gasteiger partial charge is 0.456 e. The molecule has 4 heterocycles. The molecule has 86 heavy (non-hydrogen) atoms. The van der Waals surface area contributed by atoms with Crippen molar-refractivity contribution in [3.05, 3.63) is 258 Å². The first-order valence-corrected chi connectivity index (χ1v) is 30.4. The standard InChI is InChI=1S/C80H67BN4O/c1-48-24-38-63-74(42-48)86-75-43-50(3)78(51(4)76(63)75)82(59-32-27-53-26-25-52-18-14-15-21-61(52)64(53)44-59)60-37-39-66-70(45-60)84(57-33-28-54(29-34-57)79(5,6)7)72-40-49(2)41-73-77(72)81(66)67-46-65-62-22-16-17-23-68(62)83(56-19-12-11-13-20-56)69(65)47-71(67)85(73)58-35-30-55(31-36-58)80(8,9)10/h11-47H,1-10H3. The molecule has 0 spiro atoms. The highest BCUT2D eigenvalue weighted by Gasteiger charge is 2.44. The molecule has 0 aliphatic carbocycles. The summed E-state index contributed by atoms with van der Waals surface area (Å²) in [5, 5.41) is 9.63. The number of anilines is 9. The van der Waals surface area contributed by atoms with Gasteiger partial charge in [-0.1, -0.05) is 169 Å². The zero-order valence-electron chi connectivity index (χ0n) is 50.6. The van der Waals surface area contributed by atoms with Crippen molar-refractivity contribution in [2.45, 2.75) is 80.1 Å². The SMILES string of the molecule is Cc1cc2c3c(c1)N(c1ccc(C(C)(C)C)cc1)c1cc4c(cc1B3c1ccc(N(c3ccc5ccc6ccccc6c5c3)c3c(C)cc5oc6cc(C)ccc6c5c3C)cc1N2c1ccc(C(C)(C)C)cc1)c1ccccc1n4-c1ccccc1. The summed E-state index contributed by atoms with van der Waals surface area (Å²) in [5.41, 5.74) is 26.7. The van der Waals surface area contributed by atoms with Crippen molar-refractivity contribution in [1.82, 2.24) is 4.57 Å². The van der Waals surface area contributed by atoms with Gasteiger partial charge in [0.2, 0.25) is 0 Å². The van der Waals surface area contributed by atoms with Crippen molar-refractivity contribution in [3.8, 4) is 5.69 Å². The smallest absolute Gasteiger partial charge is 0.252 e. The highest BCUT2D eigenvalue weighted by atomic mass is 16.3. The molecule has 0 fully saturated rings. The number of hydrogen-bond donors (Lipinski definition) is 0. The highest BCUT2D eigenvalue weighted by molar-refractivity contribution is 7.00. The van der Waals surface area contributed by atoms with Crippen LogP contribution in [0.25, 0.3) is 71.0 Å². The van der Waals surface area contributed by atoms with Crippen LogP contribution in [0.2, 0.25) is 0 Å². The Morgan fingerprint density at radius 3 is 1.67 bits per heavy atom. The Hall–Kier alpha value is -9.78. The highest BCUT2D eigenvalue weighted by Crippen LogP contribution is 2.51. The van der Waals surface area contributed by atoms with Gasteiger partial charge in [-0.05, 0) is 207 Å². The molecule has 0 bridgehead atoms. The molecule has 0 saturated heterocycles. The summed E-state index contributed by atoms with van der Waals surface area (Å²) in [5.74, 6) is 0. The van der Waals surface area contributed by atoms with Crippen molar-refractivity contribution in [2.75, 3.05) is 14.7 Å². The van der Waals surface area contributed by atoms with E-state index in [1.807, 2.05) is 0 Å². The Balaban J connectivity index is 1.00. The maximum absolute atomic E-state index is 6.72. The number of fused-ring (bicyclic) bond motifs is 13. The van der Waals surface area contributed by atoms with Gasteiger partial charge in [0.05, 0.1) is 16.7 Å². The normalized spacial score (nSPS) is 13.2. The molecule has 0 unspecified atom stereocenters. The minimum absolute atomic E-state index is 0.00442. The van der Waals surface area contributed by atoms with Crippen molar-refractivity contribution in [2.24, 2.45) is 0 Å². The van der Waals surface area contributed by atoms with Gasteiger partial charge in [-0.3, -0.25) is 0 Å². The topological polar surface area (TPSA) is 27.8 Å². The Morgan fingerprint density at radius 1 is 0.395 bits per heavy atom. The Morgan fingerprint density at radius 2 is 0.988 bits per heavy atom. The molecule has 0 saturated carbocycles. The van der Waals surface area contributed by atoms with Gasteiger partial charge in [0.1, 0.15) is 11.2 Å². The molecule has 2 aliphatic rings. The molecule has 12 aromatic carbocycles. The first-order valence-electron chi connectivity index (χ1n) is 30.4. The quantitative estimate of drug-likeness (QED) is 0.123. The van der Waals surface area contributed by atoms with E-state index in [1.54, 1.807) is 0 Å². The molecule has 0 amide bonds. The van der Waals surface area contributed by atoms with E-state index in [1.165, 1.54) is 105 Å². The van der Waals surface area contributed by atoms with Gasteiger partial charge >= 0.3 is 0 Å². The van der Waals surface area contributed by atoms with Gasteiger partial charge in [0, 0.05) is 72.7 Å². The number of furan rings is 1. The van der Waals surface area contributed by atoms with Crippen LogP contribution in [0.15, 0.2) is 229 Å². The summed E-state index contributed by atoms with van der Waals surface area (Å²) >= 11 is 0. The maximum Gasteiger partial charge on any atom is 0.252 e. The van der Waals surface area contributed by atoms with Crippen LogP contribution >= 0.6 is 0 Å². The second-order valence-corrected chi connectivity index (χ2v) is 26.4. The van der Waals surface area contributed by atoms with Gasteiger partial charge < -0.3 is 23.7 Å². The average molecular weight is 1110 g/mol. The lowest BCUT2D eigenvalue weighted by atomic mass is 9.33. The summed E-state index contributed by atoms with van der Waals surface area (Å²) in [7, 11) is 0. The van der Waals surface area contributed by atoms with Crippen molar-refractivity contribution >= 4 is 140 Å². The average Bonchev–Trinajstić information content (AvgIpc) is 0.972. The zero-order valence-corrected chi connectivity index (χ0v) is 50.6. The lowest BCUT2D eigenvalue weighted by Gasteiger charge is -2.45. The molecule has 16 rings (SSSR count). The lowest BCUT2D eigenvalue weighted by molar-refractivity contribution is 0.590.